The maximum Gasteiger partial charge on any atom is 0.164 e. The Morgan fingerprint density at radius 1 is 0.914 bits per heavy atom. The first kappa shape index (κ1) is 27.4. The molecule has 35 heavy (non-hydrogen) atoms. The average molecular weight is 549 g/mol. The predicted molar refractivity (Wildman–Crippen MR) is 132 cm³/mol. The highest BCUT2D eigenvalue weighted by Gasteiger charge is 2.34. The number of halogens is 3. The molecular formula is C22H24Cl3N3O7. The van der Waals surface area contributed by atoms with Crippen LogP contribution in [0.15, 0.2) is 30.6 Å². The van der Waals surface area contributed by atoms with Gasteiger partial charge in [0.25, 0.3) is 0 Å². The average Bonchev–Trinajstić information content (AvgIpc) is 2.87. The molecule has 0 bridgehead atoms. The van der Waals surface area contributed by atoms with Gasteiger partial charge in [-0.3, -0.25) is 0 Å². The van der Waals surface area contributed by atoms with Gasteiger partial charge in [0.05, 0.1) is 46.6 Å². The Bertz CT molecular complexity index is 1170. The lowest BCUT2D eigenvalue weighted by Crippen LogP contribution is -2.49. The second-order valence-corrected chi connectivity index (χ2v) is 8.53. The first-order chi connectivity index (χ1) is 16.7. The van der Waals surface area contributed by atoms with Crippen LogP contribution in [-0.2, 0) is 4.74 Å². The van der Waals surface area contributed by atoms with Gasteiger partial charge < -0.3 is 40.0 Å². The van der Waals surface area contributed by atoms with E-state index in [1.165, 1.54) is 26.6 Å². The minimum absolute atomic E-state index is 0.139. The Morgan fingerprint density at radius 2 is 1.60 bits per heavy atom. The number of aliphatic hydroxyl groups excluding tert-OH is 4. The Hall–Kier alpha value is -2.15. The van der Waals surface area contributed by atoms with Crippen LogP contribution in [0, 0.1) is 0 Å². The number of rotatable bonds is 11. The third-order valence-electron chi connectivity index (χ3n) is 5.26. The van der Waals surface area contributed by atoms with Crippen molar-refractivity contribution in [3.63, 3.8) is 0 Å². The van der Waals surface area contributed by atoms with Gasteiger partial charge in [-0.05, 0) is 18.2 Å². The largest absolute Gasteiger partial charge is 0.493 e. The predicted octanol–water partition coefficient (Wildman–Crippen LogP) is 2.81. The molecule has 0 saturated carbocycles. The summed E-state index contributed by atoms with van der Waals surface area (Å²) in [7, 11) is 2.68. The highest BCUT2D eigenvalue weighted by Crippen LogP contribution is 2.39. The fourth-order valence-electron chi connectivity index (χ4n) is 3.31. The monoisotopic (exact) mass is 547 g/mol. The lowest BCUT2D eigenvalue weighted by Gasteiger charge is -2.30. The molecule has 4 atom stereocenters. The van der Waals surface area contributed by atoms with Crippen LogP contribution in [0.25, 0.3) is 10.9 Å². The molecule has 0 fully saturated rings. The van der Waals surface area contributed by atoms with E-state index in [9.17, 15) is 20.4 Å². The van der Waals surface area contributed by atoms with Gasteiger partial charge in [-0.25, -0.2) is 9.97 Å². The highest BCUT2D eigenvalue weighted by molar-refractivity contribution is 6.49. The zero-order valence-corrected chi connectivity index (χ0v) is 20.9. The van der Waals surface area contributed by atoms with E-state index >= 15 is 0 Å². The summed E-state index contributed by atoms with van der Waals surface area (Å²) in [6, 6.07) is 6.37. The smallest absolute Gasteiger partial charge is 0.164 e. The van der Waals surface area contributed by atoms with Crippen molar-refractivity contribution in [3.8, 4) is 11.5 Å². The van der Waals surface area contributed by atoms with Crippen molar-refractivity contribution in [2.45, 2.75) is 24.4 Å². The van der Waals surface area contributed by atoms with Crippen molar-refractivity contribution >= 4 is 57.2 Å². The van der Waals surface area contributed by atoms with E-state index in [0.29, 0.717) is 27.4 Å². The summed E-state index contributed by atoms with van der Waals surface area (Å²) in [6.45, 7) is -1.19. The number of methoxy groups -OCH3 is 2. The molecule has 0 unspecified atom stereocenters. The van der Waals surface area contributed by atoms with Crippen molar-refractivity contribution in [2.24, 2.45) is 0 Å². The molecule has 2 aromatic carbocycles. The SMILES string of the molecule is COc1cc2c(Nc3ccc(Cl)c(Cl)c3Cl)ncnc2cc1O[C@@H](CO)[C@@H](O)[C@H](O)[C@H](CO)OC. The van der Waals surface area contributed by atoms with Gasteiger partial charge in [0.15, 0.2) is 17.6 Å². The molecule has 3 rings (SSSR count). The van der Waals surface area contributed by atoms with Crippen LogP contribution in [0.3, 0.4) is 0 Å². The van der Waals surface area contributed by atoms with Gasteiger partial charge in [-0.15, -0.1) is 0 Å². The maximum atomic E-state index is 10.5. The van der Waals surface area contributed by atoms with Gasteiger partial charge in [0.2, 0.25) is 0 Å². The molecule has 0 aliphatic rings. The van der Waals surface area contributed by atoms with Crippen molar-refractivity contribution < 1.29 is 34.6 Å². The first-order valence-corrected chi connectivity index (χ1v) is 11.4. The molecule has 5 N–H and O–H groups in total. The second kappa shape index (κ2) is 12.2. The molecule has 190 valence electrons. The van der Waals surface area contributed by atoms with E-state index in [1.54, 1.807) is 18.2 Å². The molecule has 0 amide bonds. The molecule has 3 aromatic rings. The Morgan fingerprint density at radius 3 is 2.23 bits per heavy atom. The van der Waals surface area contributed by atoms with Crippen molar-refractivity contribution in [2.75, 3.05) is 32.8 Å². The Balaban J connectivity index is 1.95. The van der Waals surface area contributed by atoms with E-state index in [0.717, 1.165) is 0 Å². The van der Waals surface area contributed by atoms with Gasteiger partial charge in [0, 0.05) is 18.6 Å². The normalized spacial score (nSPS) is 14.9. The van der Waals surface area contributed by atoms with Crippen LogP contribution in [-0.4, -0.2) is 82.2 Å². The lowest BCUT2D eigenvalue weighted by atomic mass is 10.0. The highest BCUT2D eigenvalue weighted by atomic mass is 35.5. The number of nitrogens with zero attached hydrogens (tertiary/aromatic N) is 2. The van der Waals surface area contributed by atoms with Crippen LogP contribution in [0.2, 0.25) is 15.1 Å². The number of hydrogen-bond donors (Lipinski definition) is 5. The fraction of sp³-hybridized carbons (Fsp3) is 0.364. The number of hydrogen-bond acceptors (Lipinski definition) is 10. The first-order valence-electron chi connectivity index (χ1n) is 10.3. The number of benzene rings is 2. The molecule has 13 heteroatoms. The summed E-state index contributed by atoms with van der Waals surface area (Å²) in [4.78, 5) is 8.51. The fourth-order valence-corrected chi connectivity index (χ4v) is 3.89. The van der Waals surface area contributed by atoms with Crippen molar-refractivity contribution in [1.29, 1.82) is 0 Å². The second-order valence-electron chi connectivity index (χ2n) is 7.37. The molecule has 1 aromatic heterocycles. The van der Waals surface area contributed by atoms with E-state index in [1.807, 2.05) is 0 Å². The summed E-state index contributed by atoms with van der Waals surface area (Å²) in [5, 5.41) is 44.2. The minimum atomic E-state index is -1.59. The molecule has 0 saturated heterocycles. The number of aliphatic hydroxyl groups is 4. The number of anilines is 2. The topological polar surface area (TPSA) is 146 Å². The zero-order valence-electron chi connectivity index (χ0n) is 18.7. The molecule has 1 heterocycles. The van der Waals surface area contributed by atoms with Crippen LogP contribution in [0.5, 0.6) is 11.5 Å². The van der Waals surface area contributed by atoms with E-state index in [2.05, 4.69) is 15.3 Å². The summed E-state index contributed by atoms with van der Waals surface area (Å²) < 4.78 is 16.1. The lowest BCUT2D eigenvalue weighted by molar-refractivity contribution is -0.127. The van der Waals surface area contributed by atoms with E-state index in [4.69, 9.17) is 49.0 Å². The zero-order chi connectivity index (χ0) is 25.7. The third kappa shape index (κ3) is 5.99. The molecular weight excluding hydrogens is 525 g/mol. The van der Waals surface area contributed by atoms with Crippen molar-refractivity contribution in [3.05, 3.63) is 45.7 Å². The van der Waals surface area contributed by atoms with Gasteiger partial charge in [-0.1, -0.05) is 34.8 Å². The molecule has 0 radical (unpaired) electrons. The summed E-state index contributed by atoms with van der Waals surface area (Å²) in [5.74, 6) is 0.766. The Kier molecular flexibility index (Phi) is 9.56. The van der Waals surface area contributed by atoms with Crippen LogP contribution in [0.1, 0.15) is 0 Å². The van der Waals surface area contributed by atoms with Gasteiger partial charge in [-0.2, -0.15) is 0 Å². The summed E-state index contributed by atoms with van der Waals surface area (Å²) in [5.41, 5.74) is 0.903. The van der Waals surface area contributed by atoms with Gasteiger partial charge >= 0.3 is 0 Å². The third-order valence-corrected chi connectivity index (χ3v) is 6.56. The molecule has 0 aliphatic carbocycles. The number of aromatic nitrogens is 2. The maximum absolute atomic E-state index is 10.5. The van der Waals surface area contributed by atoms with E-state index < -0.39 is 37.6 Å². The van der Waals surface area contributed by atoms with Crippen LogP contribution in [0.4, 0.5) is 11.5 Å². The standard InChI is InChI=1S/C22H24Cl3N3O7/c1-33-14-5-10-13(6-15(14)35-17(8-30)21(32)20(31)16(7-29)34-2)26-9-27-22(10)28-12-4-3-11(23)18(24)19(12)25/h3-6,9,16-17,20-21,29-32H,7-8H2,1-2H3,(H,26,27,28)/t16-,17-,20+,21+/m0/s1. The van der Waals surface area contributed by atoms with Crippen molar-refractivity contribution in [1.82, 2.24) is 9.97 Å². The van der Waals surface area contributed by atoms with E-state index in [-0.39, 0.29) is 21.5 Å². The number of fused-ring (bicyclic) bond motifs is 1. The summed E-state index contributed by atoms with van der Waals surface area (Å²) in [6.07, 6.45) is -4.14. The molecule has 10 nitrogen and oxygen atoms in total. The number of ether oxygens (including phenoxy) is 3. The van der Waals surface area contributed by atoms with Crippen LogP contribution < -0.4 is 14.8 Å². The molecule has 0 aliphatic heterocycles. The van der Waals surface area contributed by atoms with Crippen LogP contribution >= 0.6 is 34.8 Å². The Labute approximate surface area is 216 Å². The molecule has 0 spiro atoms. The summed E-state index contributed by atoms with van der Waals surface area (Å²) >= 11 is 18.4. The van der Waals surface area contributed by atoms with Gasteiger partial charge in [0.1, 0.15) is 30.5 Å². The minimum Gasteiger partial charge on any atom is -0.493 e. The number of nitrogens with one attached hydrogen (secondary N) is 1. The quantitative estimate of drug-likeness (QED) is 0.227.